The van der Waals surface area contributed by atoms with Gasteiger partial charge in [0.1, 0.15) is 5.75 Å². The van der Waals surface area contributed by atoms with Crippen molar-refractivity contribution < 1.29 is 9.53 Å². The summed E-state index contributed by atoms with van der Waals surface area (Å²) in [6, 6.07) is 10.4. The molecule has 2 heterocycles. The van der Waals surface area contributed by atoms with E-state index < -0.39 is 0 Å². The maximum Gasteiger partial charge on any atom is 0.224 e. The summed E-state index contributed by atoms with van der Waals surface area (Å²) in [4.78, 5) is 16.8. The lowest BCUT2D eigenvalue weighted by Crippen LogP contribution is -2.41. The predicted molar refractivity (Wildman–Crippen MR) is 99.9 cm³/mol. The zero-order valence-corrected chi connectivity index (χ0v) is 14.9. The average Bonchev–Trinajstić information content (AvgIpc) is 3.16. The van der Waals surface area contributed by atoms with Crippen molar-refractivity contribution in [3.05, 3.63) is 36.5 Å². The molecule has 1 aromatic carbocycles. The number of hydrogen-bond acceptors (Lipinski definition) is 4. The molecule has 3 aliphatic rings. The van der Waals surface area contributed by atoms with E-state index in [9.17, 15) is 4.79 Å². The number of rotatable bonds is 4. The maximum absolute atomic E-state index is 12.4. The largest absolute Gasteiger partial charge is 0.490 e. The Bertz CT molecular complexity index is 806. The fourth-order valence-electron chi connectivity index (χ4n) is 4.75. The summed E-state index contributed by atoms with van der Waals surface area (Å²) in [6.45, 7) is 2.04. The fourth-order valence-corrected chi connectivity index (χ4v) is 4.75. The van der Waals surface area contributed by atoms with Gasteiger partial charge in [0, 0.05) is 23.5 Å². The molecule has 2 aromatic rings. The Morgan fingerprint density at radius 1 is 1.12 bits per heavy atom. The van der Waals surface area contributed by atoms with Gasteiger partial charge >= 0.3 is 0 Å². The highest BCUT2D eigenvalue weighted by atomic mass is 16.5. The van der Waals surface area contributed by atoms with Gasteiger partial charge in [-0.2, -0.15) is 0 Å². The lowest BCUT2D eigenvalue weighted by atomic mass is 9.92. The normalized spacial score (nSPS) is 32.8. The standard InChI is InChI=1S/C21H25N3O2/c25-21(20-17-11-22-12-18(17)20)24-14-3-5-15(6-4-14)26-16-7-8-19-13(10-16)2-1-9-23-19/h1-2,7-10,14-15,17-18,20,22H,3-6,11-12H2,(H,24,25)/t14?,15?,17-,18+,20?. The summed E-state index contributed by atoms with van der Waals surface area (Å²) < 4.78 is 6.19. The number of fused-ring (bicyclic) bond motifs is 2. The van der Waals surface area contributed by atoms with Gasteiger partial charge in [0.15, 0.2) is 0 Å². The van der Waals surface area contributed by atoms with Crippen LogP contribution in [0.25, 0.3) is 10.9 Å². The third-order valence-corrected chi connectivity index (χ3v) is 6.29. The monoisotopic (exact) mass is 351 g/mol. The number of piperidine rings is 1. The Labute approximate surface area is 153 Å². The van der Waals surface area contributed by atoms with Gasteiger partial charge in [-0.1, -0.05) is 6.07 Å². The second-order valence-electron chi connectivity index (χ2n) is 7.97. The van der Waals surface area contributed by atoms with Crippen LogP contribution in [0, 0.1) is 17.8 Å². The van der Waals surface area contributed by atoms with Gasteiger partial charge in [0.2, 0.25) is 5.91 Å². The van der Waals surface area contributed by atoms with E-state index >= 15 is 0 Å². The maximum atomic E-state index is 12.4. The molecular formula is C21H25N3O2. The molecule has 0 radical (unpaired) electrons. The van der Waals surface area contributed by atoms with Gasteiger partial charge in [-0.15, -0.1) is 0 Å². The molecule has 5 nitrogen and oxygen atoms in total. The van der Waals surface area contributed by atoms with Crippen LogP contribution in [0.15, 0.2) is 36.5 Å². The van der Waals surface area contributed by atoms with Crippen molar-refractivity contribution in [2.24, 2.45) is 17.8 Å². The van der Waals surface area contributed by atoms with Crippen LogP contribution in [-0.4, -0.2) is 36.1 Å². The van der Waals surface area contributed by atoms with Crippen molar-refractivity contribution in [2.75, 3.05) is 13.1 Å². The number of hydrogen-bond donors (Lipinski definition) is 2. The number of aromatic nitrogens is 1. The molecule has 136 valence electrons. The number of pyridine rings is 1. The van der Waals surface area contributed by atoms with Crippen molar-refractivity contribution in [1.29, 1.82) is 0 Å². The van der Waals surface area contributed by atoms with E-state index in [1.807, 2.05) is 24.4 Å². The number of nitrogens with one attached hydrogen (secondary N) is 2. The third-order valence-electron chi connectivity index (χ3n) is 6.29. The predicted octanol–water partition coefficient (Wildman–Crippen LogP) is 2.51. The van der Waals surface area contributed by atoms with Crippen molar-refractivity contribution in [1.82, 2.24) is 15.6 Å². The zero-order chi connectivity index (χ0) is 17.5. The first-order valence-electron chi connectivity index (χ1n) is 9.80. The summed E-state index contributed by atoms with van der Waals surface area (Å²) in [5, 5.41) is 7.74. The van der Waals surface area contributed by atoms with Crippen LogP contribution in [-0.2, 0) is 4.79 Å². The van der Waals surface area contributed by atoms with Crippen LogP contribution in [0.1, 0.15) is 25.7 Å². The van der Waals surface area contributed by atoms with Crippen LogP contribution in [0.3, 0.4) is 0 Å². The van der Waals surface area contributed by atoms with Gasteiger partial charge in [0.25, 0.3) is 0 Å². The second-order valence-corrected chi connectivity index (χ2v) is 7.97. The number of nitrogens with zero attached hydrogens (tertiary/aromatic N) is 1. The topological polar surface area (TPSA) is 63.2 Å². The molecular weight excluding hydrogens is 326 g/mol. The Balaban J connectivity index is 1.12. The fraction of sp³-hybridized carbons (Fsp3) is 0.524. The molecule has 1 aromatic heterocycles. The molecule has 5 rings (SSSR count). The number of ether oxygens (including phenoxy) is 1. The highest BCUT2D eigenvalue weighted by molar-refractivity contribution is 5.83. The van der Waals surface area contributed by atoms with Crippen LogP contribution >= 0.6 is 0 Å². The number of carbonyl (C=O) groups excluding carboxylic acids is 1. The molecule has 1 aliphatic heterocycles. The van der Waals surface area contributed by atoms with Crippen LogP contribution in [0.2, 0.25) is 0 Å². The number of benzene rings is 1. The van der Waals surface area contributed by atoms with E-state index in [1.165, 1.54) is 0 Å². The molecule has 3 atom stereocenters. The van der Waals surface area contributed by atoms with Crippen LogP contribution < -0.4 is 15.4 Å². The van der Waals surface area contributed by atoms with Gasteiger partial charge in [-0.3, -0.25) is 9.78 Å². The quantitative estimate of drug-likeness (QED) is 0.888. The molecule has 2 saturated carbocycles. The van der Waals surface area contributed by atoms with Crippen molar-refractivity contribution in [2.45, 2.75) is 37.8 Å². The minimum absolute atomic E-state index is 0.238. The Morgan fingerprint density at radius 3 is 2.73 bits per heavy atom. The first-order valence-corrected chi connectivity index (χ1v) is 9.80. The summed E-state index contributed by atoms with van der Waals surface area (Å²) in [5.74, 6) is 2.66. The van der Waals surface area contributed by atoms with Gasteiger partial charge < -0.3 is 15.4 Å². The molecule has 26 heavy (non-hydrogen) atoms. The number of carbonyl (C=O) groups is 1. The summed E-state index contributed by atoms with van der Waals surface area (Å²) in [7, 11) is 0. The van der Waals surface area contributed by atoms with E-state index in [0.717, 1.165) is 55.4 Å². The Hall–Kier alpha value is -2.14. The first kappa shape index (κ1) is 16.1. The summed E-state index contributed by atoms with van der Waals surface area (Å²) >= 11 is 0. The summed E-state index contributed by atoms with van der Waals surface area (Å²) in [6.07, 6.45) is 6.05. The molecule has 2 N–H and O–H groups in total. The molecule has 0 bridgehead atoms. The van der Waals surface area contributed by atoms with E-state index in [2.05, 4.69) is 27.8 Å². The van der Waals surface area contributed by atoms with Gasteiger partial charge in [-0.25, -0.2) is 0 Å². The lowest BCUT2D eigenvalue weighted by molar-refractivity contribution is -0.124. The van der Waals surface area contributed by atoms with E-state index in [4.69, 9.17) is 4.74 Å². The van der Waals surface area contributed by atoms with Crippen molar-refractivity contribution in [3.8, 4) is 5.75 Å². The lowest BCUT2D eigenvalue weighted by Gasteiger charge is -2.29. The molecule has 3 fully saturated rings. The van der Waals surface area contributed by atoms with Gasteiger partial charge in [-0.05, 0) is 74.9 Å². The SMILES string of the molecule is O=C(NC1CCC(Oc2ccc3ncccc3c2)CC1)C1[C@H]2CNC[C@@H]12. The number of amides is 1. The van der Waals surface area contributed by atoms with E-state index in [0.29, 0.717) is 17.9 Å². The highest BCUT2D eigenvalue weighted by Crippen LogP contribution is 2.48. The minimum Gasteiger partial charge on any atom is -0.490 e. The van der Waals surface area contributed by atoms with Crippen molar-refractivity contribution >= 4 is 16.8 Å². The first-order chi connectivity index (χ1) is 12.8. The summed E-state index contributed by atoms with van der Waals surface area (Å²) in [5.41, 5.74) is 0.992. The van der Waals surface area contributed by atoms with Gasteiger partial charge in [0.05, 0.1) is 11.6 Å². The van der Waals surface area contributed by atoms with E-state index in [-0.39, 0.29) is 17.9 Å². The van der Waals surface area contributed by atoms with Crippen molar-refractivity contribution in [3.63, 3.8) is 0 Å². The molecule has 1 unspecified atom stereocenters. The third kappa shape index (κ3) is 3.05. The second kappa shape index (κ2) is 6.54. The average molecular weight is 351 g/mol. The highest BCUT2D eigenvalue weighted by Gasteiger charge is 2.57. The zero-order valence-electron chi connectivity index (χ0n) is 14.9. The molecule has 1 amide bonds. The van der Waals surface area contributed by atoms with E-state index in [1.54, 1.807) is 0 Å². The molecule has 5 heteroatoms. The molecule has 2 aliphatic carbocycles. The van der Waals surface area contributed by atoms with Crippen LogP contribution in [0.4, 0.5) is 0 Å². The molecule has 0 spiro atoms. The van der Waals surface area contributed by atoms with Crippen LogP contribution in [0.5, 0.6) is 5.75 Å². The Morgan fingerprint density at radius 2 is 1.92 bits per heavy atom. The smallest absolute Gasteiger partial charge is 0.224 e. The molecule has 1 saturated heterocycles. The minimum atomic E-state index is 0.238. The Kier molecular flexibility index (Phi) is 4.04.